The van der Waals surface area contributed by atoms with Gasteiger partial charge in [0, 0.05) is 22.8 Å². The van der Waals surface area contributed by atoms with Crippen molar-refractivity contribution in [2.45, 2.75) is 31.6 Å². The molecule has 0 spiro atoms. The lowest BCUT2D eigenvalue weighted by molar-refractivity contribution is 0.0946. The van der Waals surface area contributed by atoms with Crippen molar-refractivity contribution in [2.24, 2.45) is 11.8 Å². The minimum atomic E-state index is -3.99. The molecule has 1 fully saturated rings. The quantitative estimate of drug-likeness (QED) is 0.829. The van der Waals surface area contributed by atoms with Gasteiger partial charge in [0.05, 0.1) is 5.02 Å². The zero-order chi connectivity index (χ0) is 15.8. The Kier molecular flexibility index (Phi) is 4.85. The molecule has 0 aromatic heterocycles. The number of halogens is 2. The Morgan fingerprint density at radius 3 is 2.57 bits per heavy atom. The highest BCUT2D eigenvalue weighted by Crippen LogP contribution is 2.36. The second-order valence-electron chi connectivity index (χ2n) is 5.57. The summed E-state index contributed by atoms with van der Waals surface area (Å²) < 4.78 is 23.0. The first-order valence-electron chi connectivity index (χ1n) is 6.73. The number of hydrogen-bond acceptors (Lipinski definition) is 3. The molecule has 2 rings (SSSR count). The van der Waals surface area contributed by atoms with Crippen LogP contribution in [0.5, 0.6) is 0 Å². The van der Waals surface area contributed by atoms with E-state index < -0.39 is 9.05 Å². The Labute approximate surface area is 134 Å². The first kappa shape index (κ1) is 16.6. The SMILES string of the molecule is Cc1cc(C(=O)NCC(C)C2CC2)cc(S(=O)(=O)Cl)c1Cl. The second kappa shape index (κ2) is 6.15. The number of amides is 1. The zero-order valence-electron chi connectivity index (χ0n) is 11.8. The van der Waals surface area contributed by atoms with Crippen LogP contribution in [0.15, 0.2) is 17.0 Å². The topological polar surface area (TPSA) is 63.2 Å². The van der Waals surface area contributed by atoms with Gasteiger partial charge in [-0.3, -0.25) is 4.79 Å². The molecule has 21 heavy (non-hydrogen) atoms. The van der Waals surface area contributed by atoms with E-state index in [9.17, 15) is 13.2 Å². The third kappa shape index (κ3) is 4.11. The van der Waals surface area contributed by atoms with Crippen molar-refractivity contribution in [1.29, 1.82) is 0 Å². The molecule has 1 aliphatic carbocycles. The van der Waals surface area contributed by atoms with E-state index in [2.05, 4.69) is 12.2 Å². The largest absolute Gasteiger partial charge is 0.352 e. The van der Waals surface area contributed by atoms with Gasteiger partial charge >= 0.3 is 0 Å². The van der Waals surface area contributed by atoms with Crippen molar-refractivity contribution in [3.63, 3.8) is 0 Å². The van der Waals surface area contributed by atoms with Crippen molar-refractivity contribution >= 4 is 37.2 Å². The Balaban J connectivity index is 2.19. The van der Waals surface area contributed by atoms with E-state index in [1.807, 2.05) is 0 Å². The maximum atomic E-state index is 12.1. The molecule has 1 amide bonds. The van der Waals surface area contributed by atoms with Crippen LogP contribution in [0.25, 0.3) is 0 Å². The number of nitrogens with one attached hydrogen (secondary N) is 1. The third-order valence-corrected chi connectivity index (χ3v) is 5.72. The molecule has 1 aromatic carbocycles. The van der Waals surface area contributed by atoms with Crippen LogP contribution < -0.4 is 5.32 Å². The van der Waals surface area contributed by atoms with E-state index in [0.29, 0.717) is 23.9 Å². The number of carbonyl (C=O) groups is 1. The fourth-order valence-electron chi connectivity index (χ4n) is 2.23. The highest BCUT2D eigenvalue weighted by atomic mass is 35.7. The minimum absolute atomic E-state index is 0.0490. The Bertz CT molecular complexity index is 669. The molecule has 0 bridgehead atoms. The van der Waals surface area contributed by atoms with Crippen LogP contribution in [0.1, 0.15) is 35.7 Å². The Morgan fingerprint density at radius 1 is 1.43 bits per heavy atom. The maximum absolute atomic E-state index is 12.1. The standard InChI is InChI=1S/C14H17Cl2NO3S/c1-8-5-11(6-12(13(8)15)21(16,19)20)14(18)17-7-9(2)10-3-4-10/h5-6,9-10H,3-4,7H2,1-2H3,(H,17,18). The Morgan fingerprint density at radius 2 is 2.05 bits per heavy atom. The van der Waals surface area contributed by atoms with Gasteiger partial charge in [-0.15, -0.1) is 0 Å². The Hall–Kier alpha value is -0.780. The lowest BCUT2D eigenvalue weighted by atomic mass is 10.1. The average Bonchev–Trinajstić information content (AvgIpc) is 3.21. The van der Waals surface area contributed by atoms with Crippen LogP contribution in [0.2, 0.25) is 5.02 Å². The summed E-state index contributed by atoms with van der Waals surface area (Å²) in [6.07, 6.45) is 2.43. The van der Waals surface area contributed by atoms with Gasteiger partial charge in [0.2, 0.25) is 0 Å². The first-order valence-corrected chi connectivity index (χ1v) is 9.42. The lowest BCUT2D eigenvalue weighted by Gasteiger charge is -2.13. The summed E-state index contributed by atoms with van der Waals surface area (Å²) in [5.41, 5.74) is 0.748. The first-order chi connectivity index (χ1) is 9.70. The predicted octanol–water partition coefficient (Wildman–Crippen LogP) is 3.35. The fourth-order valence-corrected chi connectivity index (χ4v) is 3.77. The van der Waals surface area contributed by atoms with Crippen LogP contribution in [0, 0.1) is 18.8 Å². The molecular formula is C14H17Cl2NO3S. The van der Waals surface area contributed by atoms with Crippen molar-refractivity contribution in [1.82, 2.24) is 5.32 Å². The van der Waals surface area contributed by atoms with Gasteiger partial charge in [0.25, 0.3) is 15.0 Å². The highest BCUT2D eigenvalue weighted by Gasteiger charge is 2.28. The van der Waals surface area contributed by atoms with Crippen molar-refractivity contribution < 1.29 is 13.2 Å². The van der Waals surface area contributed by atoms with Crippen LogP contribution in [0.3, 0.4) is 0 Å². The number of rotatable bonds is 5. The highest BCUT2D eigenvalue weighted by molar-refractivity contribution is 8.13. The maximum Gasteiger partial charge on any atom is 0.262 e. The molecule has 0 aliphatic heterocycles. The molecule has 116 valence electrons. The zero-order valence-corrected chi connectivity index (χ0v) is 14.1. The molecular weight excluding hydrogens is 333 g/mol. The van der Waals surface area contributed by atoms with E-state index in [4.69, 9.17) is 22.3 Å². The predicted molar refractivity (Wildman–Crippen MR) is 83.4 cm³/mol. The van der Waals surface area contributed by atoms with E-state index in [-0.39, 0.29) is 21.4 Å². The van der Waals surface area contributed by atoms with Gasteiger partial charge in [0.1, 0.15) is 4.90 Å². The molecule has 7 heteroatoms. The van der Waals surface area contributed by atoms with Crippen LogP contribution in [0.4, 0.5) is 0 Å². The van der Waals surface area contributed by atoms with Gasteiger partial charge in [-0.25, -0.2) is 8.42 Å². The van der Waals surface area contributed by atoms with Crippen LogP contribution in [-0.2, 0) is 9.05 Å². The summed E-state index contributed by atoms with van der Waals surface area (Å²) in [5.74, 6) is 0.804. The number of benzene rings is 1. The van der Waals surface area contributed by atoms with Gasteiger partial charge in [-0.1, -0.05) is 18.5 Å². The summed E-state index contributed by atoms with van der Waals surface area (Å²) in [5, 5.41) is 2.87. The van der Waals surface area contributed by atoms with Crippen molar-refractivity contribution in [2.75, 3.05) is 6.54 Å². The molecule has 1 unspecified atom stereocenters. The fraction of sp³-hybridized carbons (Fsp3) is 0.500. The molecule has 0 radical (unpaired) electrons. The summed E-state index contributed by atoms with van der Waals surface area (Å²) in [6, 6.07) is 2.78. The molecule has 4 nitrogen and oxygen atoms in total. The number of hydrogen-bond donors (Lipinski definition) is 1. The molecule has 0 heterocycles. The van der Waals surface area contributed by atoms with Gasteiger partial charge in [0.15, 0.2) is 0 Å². The van der Waals surface area contributed by atoms with Crippen molar-refractivity contribution in [3.05, 3.63) is 28.3 Å². The molecule has 0 saturated heterocycles. The summed E-state index contributed by atoms with van der Waals surface area (Å²) in [7, 11) is 1.36. The number of carbonyl (C=O) groups excluding carboxylic acids is 1. The van der Waals surface area contributed by atoms with E-state index in [1.54, 1.807) is 13.0 Å². The minimum Gasteiger partial charge on any atom is -0.352 e. The van der Waals surface area contributed by atoms with E-state index in [1.165, 1.54) is 18.9 Å². The van der Waals surface area contributed by atoms with Crippen LogP contribution >= 0.6 is 22.3 Å². The van der Waals surface area contributed by atoms with E-state index in [0.717, 1.165) is 0 Å². The normalized spacial score (nSPS) is 16.6. The van der Waals surface area contributed by atoms with Crippen molar-refractivity contribution in [3.8, 4) is 0 Å². The second-order valence-corrected chi connectivity index (χ2v) is 8.48. The van der Waals surface area contributed by atoms with Gasteiger partial charge in [-0.2, -0.15) is 0 Å². The summed E-state index contributed by atoms with van der Waals surface area (Å²) in [4.78, 5) is 11.9. The lowest BCUT2D eigenvalue weighted by Crippen LogP contribution is -2.29. The van der Waals surface area contributed by atoms with Gasteiger partial charge < -0.3 is 5.32 Å². The number of aryl methyl sites for hydroxylation is 1. The molecule has 1 N–H and O–H groups in total. The third-order valence-electron chi connectivity index (χ3n) is 3.76. The van der Waals surface area contributed by atoms with Gasteiger partial charge in [-0.05, 0) is 49.3 Å². The molecule has 1 atom stereocenters. The summed E-state index contributed by atoms with van der Waals surface area (Å²) >= 11 is 5.94. The molecule has 1 aliphatic rings. The summed E-state index contributed by atoms with van der Waals surface area (Å²) in [6.45, 7) is 4.31. The monoisotopic (exact) mass is 349 g/mol. The van der Waals surface area contributed by atoms with Crippen LogP contribution in [-0.4, -0.2) is 20.9 Å². The molecule has 1 aromatic rings. The van der Waals surface area contributed by atoms with E-state index >= 15 is 0 Å². The average molecular weight is 350 g/mol. The smallest absolute Gasteiger partial charge is 0.262 e. The molecule has 1 saturated carbocycles.